The second kappa shape index (κ2) is 5.90. The standard InChI is InChI=1S/C13H9ClN2O3S/c1-19-13(18)9-4-8(5-15)12(17)16(6-9)7-10-2-3-11(14)20-10/h2-4,6H,7H2,1H3. The van der Waals surface area contributed by atoms with E-state index in [1.54, 1.807) is 18.2 Å². The molecule has 7 heteroatoms. The number of thiophene rings is 1. The van der Waals surface area contributed by atoms with Gasteiger partial charge in [-0.3, -0.25) is 4.79 Å². The number of ether oxygens (including phenoxy) is 1. The van der Waals surface area contributed by atoms with Crippen LogP contribution >= 0.6 is 22.9 Å². The average Bonchev–Trinajstić information content (AvgIpc) is 2.85. The minimum Gasteiger partial charge on any atom is -0.465 e. The van der Waals surface area contributed by atoms with Gasteiger partial charge in [-0.05, 0) is 18.2 Å². The minimum absolute atomic E-state index is 0.101. The minimum atomic E-state index is -0.598. The average molecular weight is 309 g/mol. The van der Waals surface area contributed by atoms with Gasteiger partial charge in [0.2, 0.25) is 0 Å². The number of pyridine rings is 1. The molecule has 0 N–H and O–H groups in total. The summed E-state index contributed by atoms with van der Waals surface area (Å²) in [6.45, 7) is 0.246. The van der Waals surface area contributed by atoms with E-state index in [2.05, 4.69) is 4.74 Å². The normalized spacial score (nSPS) is 10.1. The molecule has 0 saturated heterocycles. The first kappa shape index (κ1) is 14.3. The molecule has 2 aromatic rings. The van der Waals surface area contributed by atoms with E-state index < -0.39 is 11.5 Å². The zero-order valence-corrected chi connectivity index (χ0v) is 12.0. The quantitative estimate of drug-likeness (QED) is 0.815. The first-order chi connectivity index (χ1) is 9.55. The van der Waals surface area contributed by atoms with Gasteiger partial charge in [-0.15, -0.1) is 11.3 Å². The lowest BCUT2D eigenvalue weighted by Crippen LogP contribution is -2.24. The van der Waals surface area contributed by atoms with Gasteiger partial charge in [-0.2, -0.15) is 5.26 Å². The lowest BCUT2D eigenvalue weighted by Gasteiger charge is -2.07. The van der Waals surface area contributed by atoms with Crippen LogP contribution in [0.2, 0.25) is 4.34 Å². The summed E-state index contributed by atoms with van der Waals surface area (Å²) < 4.78 is 6.51. The number of hydrogen-bond donors (Lipinski definition) is 0. The fourth-order valence-corrected chi connectivity index (χ4v) is 2.75. The highest BCUT2D eigenvalue weighted by molar-refractivity contribution is 7.16. The lowest BCUT2D eigenvalue weighted by molar-refractivity contribution is 0.0599. The van der Waals surface area contributed by atoms with Crippen molar-refractivity contribution in [1.82, 2.24) is 4.57 Å². The van der Waals surface area contributed by atoms with Gasteiger partial charge in [0.25, 0.3) is 5.56 Å². The van der Waals surface area contributed by atoms with E-state index in [1.165, 1.54) is 35.3 Å². The number of nitriles is 1. The Morgan fingerprint density at radius 1 is 1.55 bits per heavy atom. The molecule has 2 rings (SSSR count). The lowest BCUT2D eigenvalue weighted by atomic mass is 10.2. The van der Waals surface area contributed by atoms with Crippen LogP contribution < -0.4 is 5.56 Å². The van der Waals surface area contributed by atoms with Crippen LogP contribution in [0.1, 0.15) is 20.8 Å². The fraction of sp³-hybridized carbons (Fsp3) is 0.154. The number of aromatic nitrogens is 1. The van der Waals surface area contributed by atoms with Gasteiger partial charge in [0.05, 0.1) is 23.6 Å². The summed E-state index contributed by atoms with van der Waals surface area (Å²) in [5, 5.41) is 8.96. The third-order valence-electron chi connectivity index (χ3n) is 2.58. The van der Waals surface area contributed by atoms with Crippen molar-refractivity contribution in [3.8, 4) is 6.07 Å². The van der Waals surface area contributed by atoms with Gasteiger partial charge in [0.15, 0.2) is 0 Å². The highest BCUT2D eigenvalue weighted by atomic mass is 35.5. The van der Waals surface area contributed by atoms with Gasteiger partial charge in [0.1, 0.15) is 11.6 Å². The summed E-state index contributed by atoms with van der Waals surface area (Å²) >= 11 is 7.17. The van der Waals surface area contributed by atoms with Crippen LogP contribution in [0.15, 0.2) is 29.2 Å². The summed E-state index contributed by atoms with van der Waals surface area (Å²) in [6, 6.07) is 6.52. The van der Waals surface area contributed by atoms with Crippen molar-refractivity contribution in [2.75, 3.05) is 7.11 Å². The molecule has 2 aromatic heterocycles. The largest absolute Gasteiger partial charge is 0.465 e. The number of nitrogens with zero attached hydrogens (tertiary/aromatic N) is 2. The molecule has 20 heavy (non-hydrogen) atoms. The van der Waals surface area contributed by atoms with E-state index in [-0.39, 0.29) is 17.7 Å². The van der Waals surface area contributed by atoms with Crippen LogP contribution in [0, 0.1) is 11.3 Å². The summed E-state index contributed by atoms with van der Waals surface area (Å²) in [5.41, 5.74) is -0.397. The summed E-state index contributed by atoms with van der Waals surface area (Å²) in [6.07, 6.45) is 1.38. The second-order valence-electron chi connectivity index (χ2n) is 3.88. The first-order valence-corrected chi connectivity index (χ1v) is 6.71. The summed E-state index contributed by atoms with van der Waals surface area (Å²) in [5.74, 6) is -0.598. The Kier molecular flexibility index (Phi) is 4.23. The molecule has 0 amide bonds. The summed E-state index contributed by atoms with van der Waals surface area (Å²) in [4.78, 5) is 24.4. The van der Waals surface area contributed by atoms with Crippen molar-refractivity contribution in [3.05, 3.63) is 55.1 Å². The first-order valence-electron chi connectivity index (χ1n) is 5.52. The molecule has 0 fully saturated rings. The summed E-state index contributed by atoms with van der Waals surface area (Å²) in [7, 11) is 1.24. The van der Waals surface area contributed by atoms with E-state index in [4.69, 9.17) is 16.9 Å². The van der Waals surface area contributed by atoms with E-state index in [1.807, 2.05) is 0 Å². The number of rotatable bonds is 3. The maximum absolute atomic E-state index is 12.0. The SMILES string of the molecule is COC(=O)c1cc(C#N)c(=O)n(Cc2ccc(Cl)s2)c1. The van der Waals surface area contributed by atoms with Gasteiger partial charge in [-0.1, -0.05) is 11.6 Å². The molecule has 0 spiro atoms. The van der Waals surface area contributed by atoms with Gasteiger partial charge < -0.3 is 9.30 Å². The Balaban J connectivity index is 2.48. The highest BCUT2D eigenvalue weighted by Crippen LogP contribution is 2.22. The van der Waals surface area contributed by atoms with Crippen molar-refractivity contribution >= 4 is 28.9 Å². The molecule has 0 aliphatic heterocycles. The molecule has 0 aliphatic rings. The van der Waals surface area contributed by atoms with E-state index in [0.29, 0.717) is 4.34 Å². The van der Waals surface area contributed by atoms with Crippen LogP contribution in [-0.4, -0.2) is 17.6 Å². The molecule has 102 valence electrons. The third-order valence-corrected chi connectivity index (χ3v) is 3.80. The van der Waals surface area contributed by atoms with E-state index >= 15 is 0 Å². The molecule has 5 nitrogen and oxygen atoms in total. The molecule has 0 aliphatic carbocycles. The third kappa shape index (κ3) is 2.90. The van der Waals surface area contributed by atoms with Crippen LogP contribution in [0.25, 0.3) is 0 Å². The van der Waals surface area contributed by atoms with E-state index in [9.17, 15) is 9.59 Å². The van der Waals surface area contributed by atoms with Crippen LogP contribution in [0.5, 0.6) is 0 Å². The number of methoxy groups -OCH3 is 1. The molecular weight excluding hydrogens is 300 g/mol. The molecule has 0 unspecified atom stereocenters. The van der Waals surface area contributed by atoms with Crippen molar-refractivity contribution in [2.45, 2.75) is 6.54 Å². The Hall–Kier alpha value is -2.10. The predicted molar refractivity (Wildman–Crippen MR) is 75.2 cm³/mol. The molecule has 2 heterocycles. The smallest absolute Gasteiger partial charge is 0.339 e. The van der Waals surface area contributed by atoms with Gasteiger partial charge >= 0.3 is 5.97 Å². The van der Waals surface area contributed by atoms with Crippen LogP contribution in [0.3, 0.4) is 0 Å². The Labute approximate surface area is 123 Å². The van der Waals surface area contributed by atoms with Gasteiger partial charge in [0, 0.05) is 11.1 Å². The maximum atomic E-state index is 12.0. The topological polar surface area (TPSA) is 72.1 Å². The van der Waals surface area contributed by atoms with Crippen molar-refractivity contribution in [2.24, 2.45) is 0 Å². The number of esters is 1. The Morgan fingerprint density at radius 2 is 2.30 bits per heavy atom. The van der Waals surface area contributed by atoms with Crippen molar-refractivity contribution in [1.29, 1.82) is 5.26 Å². The van der Waals surface area contributed by atoms with E-state index in [0.717, 1.165) is 4.88 Å². The Bertz CT molecular complexity index is 758. The molecular formula is C13H9ClN2O3S. The van der Waals surface area contributed by atoms with Crippen molar-refractivity contribution in [3.63, 3.8) is 0 Å². The van der Waals surface area contributed by atoms with Crippen LogP contribution in [-0.2, 0) is 11.3 Å². The molecule has 0 radical (unpaired) electrons. The molecule has 0 atom stereocenters. The molecule has 0 saturated carbocycles. The predicted octanol–water partition coefficient (Wildman–Crippen LogP) is 2.27. The molecule has 0 aromatic carbocycles. The number of hydrogen-bond acceptors (Lipinski definition) is 5. The highest BCUT2D eigenvalue weighted by Gasteiger charge is 2.13. The number of carbonyl (C=O) groups excluding carboxylic acids is 1. The van der Waals surface area contributed by atoms with Crippen LogP contribution in [0.4, 0.5) is 0 Å². The Morgan fingerprint density at radius 3 is 2.85 bits per heavy atom. The molecule has 0 bridgehead atoms. The van der Waals surface area contributed by atoms with Crippen molar-refractivity contribution < 1.29 is 9.53 Å². The number of carbonyl (C=O) groups is 1. The zero-order valence-electron chi connectivity index (χ0n) is 10.4. The zero-order chi connectivity index (χ0) is 14.7. The fourth-order valence-electron chi connectivity index (χ4n) is 1.67. The monoisotopic (exact) mass is 308 g/mol. The number of halogens is 1. The van der Waals surface area contributed by atoms with Gasteiger partial charge in [-0.25, -0.2) is 4.79 Å². The maximum Gasteiger partial charge on any atom is 0.339 e. The second-order valence-corrected chi connectivity index (χ2v) is 5.68.